The highest BCUT2D eigenvalue weighted by molar-refractivity contribution is 7.15. The van der Waals surface area contributed by atoms with Crippen LogP contribution in [0.4, 0.5) is 0 Å². The summed E-state index contributed by atoms with van der Waals surface area (Å²) in [5, 5.41) is 18.9. The number of nitrogens with zero attached hydrogens (tertiary/aromatic N) is 3. The van der Waals surface area contributed by atoms with Crippen LogP contribution in [0, 0.1) is 36.5 Å². The summed E-state index contributed by atoms with van der Waals surface area (Å²) in [6.45, 7) is 3.90. The molecular weight excluding hydrogens is 346 g/mol. The molecule has 0 aromatic carbocycles. The number of allylic oxidation sites excluding steroid dienone is 1. The van der Waals surface area contributed by atoms with Crippen molar-refractivity contribution in [3.63, 3.8) is 0 Å². The quantitative estimate of drug-likeness (QED) is 0.601. The molecule has 0 aliphatic heterocycles. The molecule has 1 aliphatic rings. The van der Waals surface area contributed by atoms with Gasteiger partial charge in [0.05, 0.1) is 12.7 Å². The molecule has 0 unspecified atom stereocenters. The summed E-state index contributed by atoms with van der Waals surface area (Å²) in [6.07, 6.45) is 5.69. The predicted octanol–water partition coefficient (Wildman–Crippen LogP) is 4.25. The first-order chi connectivity index (χ1) is 12.5. The number of methoxy groups -OCH3 is 1. The van der Waals surface area contributed by atoms with Gasteiger partial charge in [-0.15, -0.1) is 11.3 Å². The van der Waals surface area contributed by atoms with Crippen molar-refractivity contribution in [2.45, 2.75) is 39.5 Å². The van der Waals surface area contributed by atoms with Gasteiger partial charge < -0.3 is 9.30 Å². The highest BCUT2D eigenvalue weighted by atomic mass is 32.1. The van der Waals surface area contributed by atoms with Crippen LogP contribution in [-0.2, 0) is 17.6 Å². The van der Waals surface area contributed by atoms with E-state index in [2.05, 4.69) is 0 Å². The second-order valence-electron chi connectivity index (χ2n) is 6.33. The first kappa shape index (κ1) is 18.0. The van der Waals surface area contributed by atoms with E-state index in [-0.39, 0.29) is 11.5 Å². The fraction of sp³-hybridized carbons (Fsp3) is 0.350. The number of rotatable bonds is 3. The van der Waals surface area contributed by atoms with Crippen molar-refractivity contribution in [1.82, 2.24) is 4.57 Å². The van der Waals surface area contributed by atoms with E-state index < -0.39 is 0 Å². The van der Waals surface area contributed by atoms with E-state index in [0.29, 0.717) is 5.56 Å². The molecule has 2 aromatic rings. The van der Waals surface area contributed by atoms with E-state index in [9.17, 15) is 4.79 Å². The standard InChI is InChI=1S/C20H19N3O2S/c1-12-8-15(9-14(10-21)11-22)13(2)23(12)19-18(20(24)25-3)16-6-4-5-7-17(16)26-19/h8-9H,4-7H2,1-3H3. The molecule has 0 amide bonds. The number of aromatic nitrogens is 1. The Morgan fingerprint density at radius 1 is 1.27 bits per heavy atom. The summed E-state index contributed by atoms with van der Waals surface area (Å²) in [4.78, 5) is 13.8. The van der Waals surface area contributed by atoms with Crippen LogP contribution in [0.15, 0.2) is 11.6 Å². The zero-order valence-corrected chi connectivity index (χ0v) is 15.9. The Bertz CT molecular complexity index is 980. The molecule has 0 bridgehead atoms. The average Bonchev–Trinajstić information content (AvgIpc) is 3.15. The maximum absolute atomic E-state index is 12.5. The first-order valence-corrected chi connectivity index (χ1v) is 9.27. The van der Waals surface area contributed by atoms with Crippen LogP contribution < -0.4 is 0 Å². The zero-order valence-electron chi connectivity index (χ0n) is 15.0. The van der Waals surface area contributed by atoms with Gasteiger partial charge in [0.15, 0.2) is 0 Å². The minimum Gasteiger partial charge on any atom is -0.465 e. The van der Waals surface area contributed by atoms with Crippen molar-refractivity contribution in [3.05, 3.63) is 44.6 Å². The molecule has 0 atom stereocenters. The Labute approximate surface area is 156 Å². The van der Waals surface area contributed by atoms with Crippen molar-refractivity contribution in [2.75, 3.05) is 7.11 Å². The molecule has 5 nitrogen and oxygen atoms in total. The SMILES string of the molecule is COC(=O)c1c(-n2c(C)cc(C=C(C#N)C#N)c2C)sc2c1CCCC2. The van der Waals surface area contributed by atoms with Gasteiger partial charge in [-0.1, -0.05) is 0 Å². The highest BCUT2D eigenvalue weighted by Crippen LogP contribution is 2.39. The van der Waals surface area contributed by atoms with Crippen molar-refractivity contribution in [3.8, 4) is 17.1 Å². The molecule has 1 aliphatic carbocycles. The third-order valence-electron chi connectivity index (χ3n) is 4.76. The summed E-state index contributed by atoms with van der Waals surface area (Å²) in [5.41, 5.74) is 4.49. The molecule has 26 heavy (non-hydrogen) atoms. The molecule has 0 spiro atoms. The minimum absolute atomic E-state index is 0.0592. The van der Waals surface area contributed by atoms with Crippen molar-refractivity contribution in [2.24, 2.45) is 0 Å². The van der Waals surface area contributed by atoms with Crippen molar-refractivity contribution >= 4 is 23.4 Å². The van der Waals surface area contributed by atoms with E-state index in [1.165, 1.54) is 12.0 Å². The fourth-order valence-electron chi connectivity index (χ4n) is 3.51. The lowest BCUT2D eigenvalue weighted by atomic mass is 9.95. The molecule has 0 saturated heterocycles. The van der Waals surface area contributed by atoms with Crippen LogP contribution >= 0.6 is 11.3 Å². The van der Waals surface area contributed by atoms with Crippen molar-refractivity contribution < 1.29 is 9.53 Å². The van der Waals surface area contributed by atoms with Gasteiger partial charge in [0.25, 0.3) is 0 Å². The Morgan fingerprint density at radius 2 is 1.96 bits per heavy atom. The van der Waals surface area contributed by atoms with Gasteiger partial charge in [-0.2, -0.15) is 10.5 Å². The largest absolute Gasteiger partial charge is 0.465 e. The maximum Gasteiger partial charge on any atom is 0.341 e. The monoisotopic (exact) mass is 365 g/mol. The van der Waals surface area contributed by atoms with Crippen LogP contribution in [0.25, 0.3) is 11.1 Å². The van der Waals surface area contributed by atoms with E-state index in [0.717, 1.165) is 53.2 Å². The van der Waals surface area contributed by atoms with Crippen LogP contribution in [0.2, 0.25) is 0 Å². The lowest BCUT2D eigenvalue weighted by molar-refractivity contribution is 0.0600. The molecule has 0 radical (unpaired) electrons. The molecule has 0 N–H and O–H groups in total. The summed E-state index contributed by atoms with van der Waals surface area (Å²) in [6, 6.07) is 5.72. The van der Waals surface area contributed by atoms with E-state index in [1.807, 2.05) is 36.6 Å². The number of aryl methyl sites for hydroxylation is 2. The smallest absolute Gasteiger partial charge is 0.341 e. The van der Waals surface area contributed by atoms with Gasteiger partial charge in [0.1, 0.15) is 22.7 Å². The normalized spacial score (nSPS) is 12.7. The summed E-state index contributed by atoms with van der Waals surface area (Å²) in [7, 11) is 1.41. The minimum atomic E-state index is -0.307. The maximum atomic E-state index is 12.5. The molecular formula is C20H19N3O2S. The Morgan fingerprint density at radius 3 is 2.62 bits per heavy atom. The van der Waals surface area contributed by atoms with Gasteiger partial charge >= 0.3 is 5.97 Å². The van der Waals surface area contributed by atoms with E-state index in [4.69, 9.17) is 15.3 Å². The summed E-state index contributed by atoms with van der Waals surface area (Å²) in [5.74, 6) is -0.307. The summed E-state index contributed by atoms with van der Waals surface area (Å²) >= 11 is 1.64. The third kappa shape index (κ3) is 2.94. The van der Waals surface area contributed by atoms with Crippen LogP contribution in [0.1, 0.15) is 50.6 Å². The van der Waals surface area contributed by atoms with Crippen LogP contribution in [0.3, 0.4) is 0 Å². The number of thiophene rings is 1. The molecule has 0 saturated carbocycles. The average molecular weight is 365 g/mol. The number of hydrogen-bond donors (Lipinski definition) is 0. The molecule has 3 rings (SSSR count). The second kappa shape index (κ2) is 7.19. The van der Waals surface area contributed by atoms with Gasteiger partial charge in [-0.3, -0.25) is 0 Å². The number of esters is 1. The second-order valence-corrected chi connectivity index (χ2v) is 7.41. The lowest BCUT2D eigenvalue weighted by Crippen LogP contribution is -2.11. The number of carbonyl (C=O) groups is 1. The highest BCUT2D eigenvalue weighted by Gasteiger charge is 2.28. The van der Waals surface area contributed by atoms with Crippen LogP contribution in [-0.4, -0.2) is 17.6 Å². The zero-order chi connectivity index (χ0) is 18.8. The number of fused-ring (bicyclic) bond motifs is 1. The number of carbonyl (C=O) groups excluding carboxylic acids is 1. The Balaban J connectivity index is 2.23. The van der Waals surface area contributed by atoms with Crippen molar-refractivity contribution in [1.29, 1.82) is 10.5 Å². The van der Waals surface area contributed by atoms with E-state index >= 15 is 0 Å². The van der Waals surface area contributed by atoms with Gasteiger partial charge in [0.2, 0.25) is 0 Å². The molecule has 6 heteroatoms. The molecule has 0 fully saturated rings. The fourth-order valence-corrected chi connectivity index (χ4v) is 5.00. The van der Waals surface area contributed by atoms with Crippen LogP contribution in [0.5, 0.6) is 0 Å². The lowest BCUT2D eigenvalue weighted by Gasteiger charge is -2.12. The number of nitriles is 2. The first-order valence-electron chi connectivity index (χ1n) is 8.45. The predicted molar refractivity (Wildman–Crippen MR) is 100 cm³/mol. The molecule has 2 heterocycles. The molecule has 132 valence electrons. The summed E-state index contributed by atoms with van der Waals surface area (Å²) < 4.78 is 7.10. The van der Waals surface area contributed by atoms with Gasteiger partial charge in [0, 0.05) is 16.3 Å². The topological polar surface area (TPSA) is 78.8 Å². The number of ether oxygens (including phenoxy) is 1. The molecule has 2 aromatic heterocycles. The third-order valence-corrected chi connectivity index (χ3v) is 6.03. The Hall–Kier alpha value is -2.83. The van der Waals surface area contributed by atoms with Gasteiger partial charge in [-0.25, -0.2) is 4.79 Å². The number of hydrogen-bond acceptors (Lipinski definition) is 5. The van der Waals surface area contributed by atoms with E-state index in [1.54, 1.807) is 17.4 Å². The van der Waals surface area contributed by atoms with Gasteiger partial charge in [-0.05, 0) is 62.8 Å². The Kier molecular flexibility index (Phi) is 4.97.